The van der Waals surface area contributed by atoms with Crippen LogP contribution in [0.4, 0.5) is 4.39 Å². The number of carbonyl (C=O) groups excluding carboxylic acids is 2. The Bertz CT molecular complexity index is 992. The molecule has 0 N–H and O–H groups in total. The highest BCUT2D eigenvalue weighted by Crippen LogP contribution is 2.56. The zero-order chi connectivity index (χ0) is 19.7. The van der Waals surface area contributed by atoms with Crippen molar-refractivity contribution < 1.29 is 23.6 Å². The molecular formula is C22H20FNO4. The van der Waals surface area contributed by atoms with Gasteiger partial charge in [0.2, 0.25) is 5.60 Å². The molecule has 5 rings (SSSR count). The lowest BCUT2D eigenvalue weighted by Gasteiger charge is -2.43. The van der Waals surface area contributed by atoms with Gasteiger partial charge in [-0.3, -0.25) is 4.79 Å². The molecule has 144 valence electrons. The first-order chi connectivity index (χ1) is 13.3. The van der Waals surface area contributed by atoms with Gasteiger partial charge in [-0.05, 0) is 49.1 Å². The normalized spacial score (nSPS) is 36.2. The Morgan fingerprint density at radius 1 is 1.21 bits per heavy atom. The van der Waals surface area contributed by atoms with Crippen LogP contribution in [-0.4, -0.2) is 29.2 Å². The van der Waals surface area contributed by atoms with Crippen LogP contribution in [0.5, 0.6) is 0 Å². The molecule has 1 aromatic carbocycles. The van der Waals surface area contributed by atoms with Gasteiger partial charge in [0.15, 0.2) is 5.78 Å². The predicted molar refractivity (Wildman–Crippen MR) is 98.9 cm³/mol. The molecule has 6 heteroatoms. The van der Waals surface area contributed by atoms with E-state index in [2.05, 4.69) is 12.1 Å². The molecule has 5 nitrogen and oxygen atoms in total. The van der Waals surface area contributed by atoms with Gasteiger partial charge in [0.25, 0.3) is 0 Å². The van der Waals surface area contributed by atoms with E-state index < -0.39 is 17.7 Å². The number of rotatable bonds is 1. The van der Waals surface area contributed by atoms with Crippen molar-refractivity contribution in [3.05, 3.63) is 58.9 Å². The quantitative estimate of drug-likeness (QED) is 0.699. The number of oxime groups is 1. The number of carbonyl (C=O) groups is 2. The summed E-state index contributed by atoms with van der Waals surface area (Å²) >= 11 is 0. The average molecular weight is 381 g/mol. The van der Waals surface area contributed by atoms with E-state index in [0.29, 0.717) is 11.3 Å². The van der Waals surface area contributed by atoms with Crippen LogP contribution in [0.1, 0.15) is 38.7 Å². The van der Waals surface area contributed by atoms with Gasteiger partial charge < -0.3 is 9.57 Å². The van der Waals surface area contributed by atoms with E-state index in [1.54, 1.807) is 25.1 Å². The van der Waals surface area contributed by atoms with Crippen molar-refractivity contribution in [2.45, 2.75) is 44.8 Å². The fraction of sp³-hybridized carbons (Fsp3) is 0.409. The minimum absolute atomic E-state index is 0.0410. The molecule has 0 unspecified atom stereocenters. The zero-order valence-electron chi connectivity index (χ0n) is 15.7. The van der Waals surface area contributed by atoms with Crippen LogP contribution in [0.25, 0.3) is 0 Å². The monoisotopic (exact) mass is 381 g/mol. The number of esters is 1. The van der Waals surface area contributed by atoms with Gasteiger partial charge in [-0.1, -0.05) is 30.3 Å². The van der Waals surface area contributed by atoms with Gasteiger partial charge in [0.05, 0.1) is 11.6 Å². The van der Waals surface area contributed by atoms with E-state index in [1.165, 1.54) is 12.1 Å². The lowest BCUT2D eigenvalue weighted by molar-refractivity contribution is -0.158. The first-order valence-corrected chi connectivity index (χ1v) is 9.51. The van der Waals surface area contributed by atoms with Gasteiger partial charge in [-0.25, -0.2) is 9.18 Å². The number of nitrogens with zero attached hydrogens (tertiary/aromatic N) is 1. The van der Waals surface area contributed by atoms with Crippen molar-refractivity contribution in [2.75, 3.05) is 0 Å². The average Bonchev–Trinajstić information content (AvgIpc) is 3.22. The maximum Gasteiger partial charge on any atom is 0.354 e. The van der Waals surface area contributed by atoms with E-state index in [4.69, 9.17) is 9.57 Å². The minimum atomic E-state index is -1.17. The van der Waals surface area contributed by atoms with Crippen LogP contribution < -0.4 is 0 Å². The second-order valence-corrected chi connectivity index (χ2v) is 8.33. The summed E-state index contributed by atoms with van der Waals surface area (Å²) in [5.41, 5.74) is 1.41. The molecule has 2 fully saturated rings. The van der Waals surface area contributed by atoms with Gasteiger partial charge in [-0.2, -0.15) is 0 Å². The summed E-state index contributed by atoms with van der Waals surface area (Å²) in [4.78, 5) is 31.0. The van der Waals surface area contributed by atoms with Crippen molar-refractivity contribution in [1.29, 1.82) is 0 Å². The summed E-state index contributed by atoms with van der Waals surface area (Å²) in [5, 5.41) is 4.16. The largest absolute Gasteiger partial charge is 0.454 e. The number of fused-ring (bicyclic) bond motifs is 4. The van der Waals surface area contributed by atoms with Gasteiger partial charge in [0, 0.05) is 17.4 Å². The van der Waals surface area contributed by atoms with E-state index >= 15 is 0 Å². The summed E-state index contributed by atoms with van der Waals surface area (Å²) in [6.45, 7) is 3.89. The second kappa shape index (κ2) is 5.63. The summed E-state index contributed by atoms with van der Waals surface area (Å²) in [5.74, 6) is -1.02. The molecule has 4 atom stereocenters. The standard InChI is InChI=1S/C22H20FNO4/c1-12-17(25)8-10-21(2)9-7-15-19(18(12)21)27-20(26)22(15)11-16(24-28-22)13-3-5-14(23)6-4-13/h3-6,8,10,15,19H,7,9,11H2,1-2H3/t15-,19+,21+,22+/m1/s1. The molecule has 1 spiro atoms. The number of allylic oxidation sites excluding steroid dienone is 3. The van der Waals surface area contributed by atoms with Crippen LogP contribution in [0, 0.1) is 17.2 Å². The van der Waals surface area contributed by atoms with Crippen molar-refractivity contribution in [3.63, 3.8) is 0 Å². The Labute approximate surface area is 161 Å². The van der Waals surface area contributed by atoms with E-state index in [9.17, 15) is 14.0 Å². The highest BCUT2D eigenvalue weighted by Gasteiger charge is 2.66. The Morgan fingerprint density at radius 3 is 2.71 bits per heavy atom. The van der Waals surface area contributed by atoms with Crippen molar-refractivity contribution in [2.24, 2.45) is 16.5 Å². The molecule has 0 aromatic heterocycles. The summed E-state index contributed by atoms with van der Waals surface area (Å²) in [7, 11) is 0. The number of ketones is 1. The third kappa shape index (κ3) is 2.20. The smallest absolute Gasteiger partial charge is 0.354 e. The highest BCUT2D eigenvalue weighted by atomic mass is 19.1. The van der Waals surface area contributed by atoms with Gasteiger partial charge >= 0.3 is 5.97 Å². The molecule has 2 aliphatic carbocycles. The zero-order valence-corrected chi connectivity index (χ0v) is 15.7. The molecule has 2 aliphatic heterocycles. The van der Waals surface area contributed by atoms with E-state index in [-0.39, 0.29) is 29.4 Å². The molecule has 2 heterocycles. The number of ether oxygens (including phenoxy) is 1. The third-order valence-electron chi connectivity index (χ3n) is 6.72. The van der Waals surface area contributed by atoms with Gasteiger partial charge in [0.1, 0.15) is 11.9 Å². The Hall–Kier alpha value is -2.76. The molecule has 1 saturated carbocycles. The number of benzene rings is 1. The van der Waals surface area contributed by atoms with Crippen LogP contribution in [0.2, 0.25) is 0 Å². The predicted octanol–water partition coefficient (Wildman–Crippen LogP) is 3.49. The molecule has 4 aliphatic rings. The molecule has 28 heavy (non-hydrogen) atoms. The van der Waals surface area contributed by atoms with Crippen molar-refractivity contribution in [1.82, 2.24) is 0 Å². The SMILES string of the molecule is CC1=C2[C@H]3OC(=O)[C@]4(CC(c5ccc(F)cc5)=NO4)[C@@H]3CC[C@@]2(C)C=CC1=O. The first-order valence-electron chi connectivity index (χ1n) is 9.51. The fourth-order valence-electron chi connectivity index (χ4n) is 5.14. The van der Waals surface area contributed by atoms with Crippen LogP contribution in [0.3, 0.4) is 0 Å². The lowest BCUT2D eigenvalue weighted by Crippen LogP contribution is -2.47. The lowest BCUT2D eigenvalue weighted by atomic mass is 9.60. The molecule has 0 bridgehead atoms. The molecular weight excluding hydrogens is 361 g/mol. The van der Waals surface area contributed by atoms with Crippen LogP contribution >= 0.6 is 0 Å². The minimum Gasteiger partial charge on any atom is -0.454 e. The van der Waals surface area contributed by atoms with Gasteiger partial charge in [-0.15, -0.1) is 0 Å². The molecule has 0 amide bonds. The Kier molecular flexibility index (Phi) is 3.49. The maximum absolute atomic E-state index is 13.2. The summed E-state index contributed by atoms with van der Waals surface area (Å²) in [6, 6.07) is 5.98. The van der Waals surface area contributed by atoms with Crippen molar-refractivity contribution >= 4 is 17.5 Å². The van der Waals surface area contributed by atoms with E-state index in [1.807, 2.05) is 6.08 Å². The Morgan fingerprint density at radius 2 is 1.96 bits per heavy atom. The first kappa shape index (κ1) is 17.3. The molecule has 1 aromatic rings. The van der Waals surface area contributed by atoms with Crippen molar-refractivity contribution in [3.8, 4) is 0 Å². The second-order valence-electron chi connectivity index (χ2n) is 8.33. The number of halogens is 1. The topological polar surface area (TPSA) is 65.0 Å². The van der Waals surface area contributed by atoms with Crippen LogP contribution in [0.15, 0.2) is 52.7 Å². The number of hydrogen-bond donors (Lipinski definition) is 0. The maximum atomic E-state index is 13.2. The third-order valence-corrected chi connectivity index (χ3v) is 6.72. The number of hydrogen-bond acceptors (Lipinski definition) is 5. The Balaban J connectivity index is 1.50. The molecule has 0 radical (unpaired) electrons. The molecule has 1 saturated heterocycles. The summed E-state index contributed by atoms with van der Waals surface area (Å²) < 4.78 is 19.0. The fourth-order valence-corrected chi connectivity index (χ4v) is 5.14. The van der Waals surface area contributed by atoms with E-state index in [0.717, 1.165) is 24.0 Å². The highest BCUT2D eigenvalue weighted by molar-refractivity contribution is 6.07. The summed E-state index contributed by atoms with van der Waals surface area (Å²) in [6.07, 6.45) is 4.89. The van der Waals surface area contributed by atoms with Crippen LogP contribution in [-0.2, 0) is 19.2 Å².